The Morgan fingerprint density at radius 2 is 1.77 bits per heavy atom. The summed E-state index contributed by atoms with van der Waals surface area (Å²) >= 11 is 1.26. The average molecular weight is 568 g/mol. The smallest absolute Gasteiger partial charge is 0.272 e. The number of nitrogens with zero attached hydrogens (tertiary/aromatic N) is 4. The lowest BCUT2D eigenvalue weighted by molar-refractivity contribution is -0.116. The van der Waals surface area contributed by atoms with Crippen LogP contribution in [0.4, 0.5) is 22.3 Å². The summed E-state index contributed by atoms with van der Waals surface area (Å²) in [4.78, 5) is 23.9. The predicted octanol–water partition coefficient (Wildman–Crippen LogP) is 4.80. The minimum absolute atomic E-state index is 0.0463. The van der Waals surface area contributed by atoms with Crippen molar-refractivity contribution in [1.29, 1.82) is 0 Å². The fourth-order valence-corrected chi connectivity index (χ4v) is 4.79. The van der Waals surface area contributed by atoms with E-state index in [0.29, 0.717) is 50.9 Å². The molecule has 2 aromatic heterocycles. The van der Waals surface area contributed by atoms with Crippen molar-refractivity contribution in [2.45, 2.75) is 19.8 Å². The Morgan fingerprint density at radius 3 is 2.42 bits per heavy atom. The van der Waals surface area contributed by atoms with Gasteiger partial charge < -0.3 is 40.0 Å². The van der Waals surface area contributed by atoms with Gasteiger partial charge >= 0.3 is 0 Å². The second-order valence-electron chi connectivity index (χ2n) is 9.18. The van der Waals surface area contributed by atoms with E-state index in [2.05, 4.69) is 25.8 Å². The minimum atomic E-state index is -0.0463. The molecule has 1 amide bonds. The van der Waals surface area contributed by atoms with Crippen LogP contribution in [0.2, 0.25) is 0 Å². The third-order valence-electron chi connectivity index (χ3n) is 5.96. The van der Waals surface area contributed by atoms with E-state index in [4.69, 9.17) is 24.5 Å². The van der Waals surface area contributed by atoms with Gasteiger partial charge in [-0.25, -0.2) is 4.98 Å². The Hall–Kier alpha value is -4.36. The van der Waals surface area contributed by atoms with E-state index in [0.717, 1.165) is 24.1 Å². The molecule has 2 heterocycles. The Balaban J connectivity index is 1.52. The molecule has 0 aliphatic rings. The molecule has 212 valence electrons. The Morgan fingerprint density at radius 1 is 1.05 bits per heavy atom. The van der Waals surface area contributed by atoms with Crippen molar-refractivity contribution in [2.75, 3.05) is 58.3 Å². The fraction of sp³-hybridized carbons (Fsp3) is 0.333. The molecule has 0 saturated carbocycles. The van der Waals surface area contributed by atoms with Crippen LogP contribution < -0.4 is 30.6 Å². The van der Waals surface area contributed by atoms with Gasteiger partial charge in [-0.1, -0.05) is 22.6 Å². The second-order valence-corrected chi connectivity index (χ2v) is 10.2. The summed E-state index contributed by atoms with van der Waals surface area (Å²) in [6.45, 7) is 2.78. The number of nitrogens with two attached hydrogens (primary N) is 1. The van der Waals surface area contributed by atoms with Gasteiger partial charge in [-0.2, -0.15) is 4.98 Å². The number of amides is 1. The number of rotatable bonds is 12. The van der Waals surface area contributed by atoms with E-state index in [9.17, 15) is 4.79 Å². The molecule has 0 spiro atoms. The number of nitrogen functional groups attached to an aromatic ring is 1. The summed E-state index contributed by atoms with van der Waals surface area (Å²) in [7, 11) is 8.60. The molecule has 0 unspecified atom stereocenters. The molecular weight excluding hydrogens is 534 g/mol. The van der Waals surface area contributed by atoms with Gasteiger partial charge in [-0.15, -0.1) is 0 Å². The van der Waals surface area contributed by atoms with Crippen molar-refractivity contribution >= 4 is 39.6 Å². The van der Waals surface area contributed by atoms with Crippen LogP contribution in [0.1, 0.15) is 18.4 Å². The average Bonchev–Trinajstić information content (AvgIpc) is 3.55. The van der Waals surface area contributed by atoms with Gasteiger partial charge in [-0.3, -0.25) is 4.79 Å². The van der Waals surface area contributed by atoms with Gasteiger partial charge in [0.1, 0.15) is 10.7 Å². The number of ether oxygens (including phenoxy) is 3. The molecule has 2 aromatic carbocycles. The van der Waals surface area contributed by atoms with Gasteiger partial charge in [0, 0.05) is 35.5 Å². The lowest BCUT2D eigenvalue weighted by Gasteiger charge is -2.14. The largest absolute Gasteiger partial charge is 0.493 e. The van der Waals surface area contributed by atoms with Gasteiger partial charge in [0.15, 0.2) is 16.6 Å². The van der Waals surface area contributed by atoms with Crippen LogP contribution in [-0.2, 0) is 4.79 Å². The molecule has 4 rings (SSSR count). The second kappa shape index (κ2) is 12.7. The summed E-state index contributed by atoms with van der Waals surface area (Å²) in [6.07, 6.45) is 1.21. The van der Waals surface area contributed by atoms with E-state index in [-0.39, 0.29) is 17.6 Å². The van der Waals surface area contributed by atoms with Crippen molar-refractivity contribution < 1.29 is 23.5 Å². The molecule has 4 aromatic rings. The van der Waals surface area contributed by atoms with Gasteiger partial charge in [0.2, 0.25) is 17.5 Å². The molecule has 0 aliphatic carbocycles. The molecular formula is C27H33N7O5S. The predicted molar refractivity (Wildman–Crippen MR) is 156 cm³/mol. The van der Waals surface area contributed by atoms with Crippen molar-refractivity contribution in [3.05, 3.63) is 35.9 Å². The number of aryl methyl sites for hydroxylation is 1. The summed E-state index contributed by atoms with van der Waals surface area (Å²) < 4.78 is 21.8. The molecule has 0 atom stereocenters. The third-order valence-corrected chi connectivity index (χ3v) is 6.94. The maximum Gasteiger partial charge on any atom is 0.272 e. The molecule has 13 heteroatoms. The number of benzene rings is 2. The number of carbonyl (C=O) groups is 1. The maximum absolute atomic E-state index is 12.4. The van der Waals surface area contributed by atoms with E-state index < -0.39 is 0 Å². The van der Waals surface area contributed by atoms with Gasteiger partial charge in [0.25, 0.3) is 5.89 Å². The molecule has 0 radical (unpaired) electrons. The van der Waals surface area contributed by atoms with Gasteiger partial charge in [-0.05, 0) is 51.7 Å². The van der Waals surface area contributed by atoms with Crippen molar-refractivity contribution in [3.63, 3.8) is 0 Å². The normalized spacial score (nSPS) is 11.0. The van der Waals surface area contributed by atoms with Crippen LogP contribution in [-0.4, -0.2) is 67.9 Å². The first-order valence-electron chi connectivity index (χ1n) is 12.4. The maximum atomic E-state index is 12.4. The Bertz CT molecular complexity index is 1460. The topological polar surface area (TPSA) is 150 Å². The highest BCUT2D eigenvalue weighted by atomic mass is 32.1. The van der Waals surface area contributed by atoms with Gasteiger partial charge in [0.05, 0.1) is 21.3 Å². The summed E-state index contributed by atoms with van der Waals surface area (Å²) in [5, 5.41) is 10.8. The van der Waals surface area contributed by atoms with E-state index >= 15 is 0 Å². The highest BCUT2D eigenvalue weighted by molar-refractivity contribution is 7.19. The quantitative estimate of drug-likeness (QED) is 0.217. The van der Waals surface area contributed by atoms with Crippen LogP contribution in [0, 0.1) is 6.92 Å². The number of thiazole rings is 1. The van der Waals surface area contributed by atoms with Crippen molar-refractivity contribution in [3.8, 4) is 39.4 Å². The number of aromatic nitrogens is 3. The van der Waals surface area contributed by atoms with E-state index in [1.54, 1.807) is 33.5 Å². The van der Waals surface area contributed by atoms with Crippen LogP contribution in [0.5, 0.6) is 17.2 Å². The van der Waals surface area contributed by atoms with Crippen LogP contribution in [0.25, 0.3) is 22.2 Å². The first-order chi connectivity index (χ1) is 19.2. The highest BCUT2D eigenvalue weighted by Gasteiger charge is 2.20. The Labute approximate surface area is 236 Å². The number of anilines is 4. The number of nitrogens with one attached hydrogen (secondary N) is 2. The number of hydrogen-bond donors (Lipinski definition) is 3. The lowest BCUT2D eigenvalue weighted by Crippen LogP contribution is -2.17. The van der Waals surface area contributed by atoms with Crippen molar-refractivity contribution in [1.82, 2.24) is 20.0 Å². The molecule has 0 aliphatic heterocycles. The molecule has 4 N–H and O–H groups in total. The number of carbonyl (C=O) groups excluding carboxylic acids is 1. The Kier molecular flexibility index (Phi) is 9.07. The zero-order valence-electron chi connectivity index (χ0n) is 23.3. The standard InChI is InChI=1S/C27H33N7O5S/c1-15-9-10-16(29-21(35)8-7-11-34(2)3)12-18(15)25-32-26(39-33-25)23-24(28)31-27(40-23)30-17-13-19(36-4)22(38-6)20(14-17)37-5/h9-10,12-14H,7-8,11,28H2,1-6H3,(H,29,35)(H,30,31). The summed E-state index contributed by atoms with van der Waals surface area (Å²) in [5.74, 6) is 2.29. The zero-order chi connectivity index (χ0) is 28.8. The van der Waals surface area contributed by atoms with Crippen molar-refractivity contribution in [2.24, 2.45) is 0 Å². The number of methoxy groups -OCH3 is 3. The molecule has 0 bridgehead atoms. The SMILES string of the molecule is COc1cc(Nc2nc(N)c(-c3nc(-c4cc(NC(=O)CCCN(C)C)ccc4C)no3)s2)cc(OC)c1OC. The first kappa shape index (κ1) is 28.6. The molecule has 12 nitrogen and oxygen atoms in total. The van der Waals surface area contributed by atoms with Crippen LogP contribution >= 0.6 is 11.3 Å². The van der Waals surface area contributed by atoms with Crippen LogP contribution in [0.15, 0.2) is 34.9 Å². The molecule has 0 fully saturated rings. The minimum Gasteiger partial charge on any atom is -0.493 e. The van der Waals surface area contributed by atoms with E-state index in [1.807, 2.05) is 44.1 Å². The summed E-state index contributed by atoms with van der Waals surface area (Å²) in [5.41, 5.74) is 9.21. The number of hydrogen-bond acceptors (Lipinski definition) is 12. The molecule has 0 saturated heterocycles. The van der Waals surface area contributed by atoms with E-state index in [1.165, 1.54) is 11.3 Å². The third kappa shape index (κ3) is 6.61. The molecule has 40 heavy (non-hydrogen) atoms. The zero-order valence-corrected chi connectivity index (χ0v) is 24.1. The monoisotopic (exact) mass is 567 g/mol. The lowest BCUT2D eigenvalue weighted by atomic mass is 10.1. The van der Waals surface area contributed by atoms with Crippen LogP contribution in [0.3, 0.4) is 0 Å². The first-order valence-corrected chi connectivity index (χ1v) is 13.3. The fourth-order valence-electron chi connectivity index (χ4n) is 3.96. The summed E-state index contributed by atoms with van der Waals surface area (Å²) in [6, 6.07) is 9.12. The highest BCUT2D eigenvalue weighted by Crippen LogP contribution is 2.42.